The summed E-state index contributed by atoms with van der Waals surface area (Å²) in [6.07, 6.45) is 0. The van der Waals surface area contributed by atoms with Crippen molar-refractivity contribution in [1.82, 2.24) is 0 Å². The maximum absolute atomic E-state index is 11.0. The van der Waals surface area contributed by atoms with Gasteiger partial charge in [-0.15, -0.1) is 0 Å². The van der Waals surface area contributed by atoms with Gasteiger partial charge in [-0.05, 0) is 25.0 Å². The monoisotopic (exact) mass is 256 g/mol. The van der Waals surface area contributed by atoms with Crippen molar-refractivity contribution in [3.05, 3.63) is 71.8 Å². The van der Waals surface area contributed by atoms with Crippen molar-refractivity contribution in [2.24, 2.45) is 0 Å². The molecule has 2 aromatic carbocycles. The van der Waals surface area contributed by atoms with E-state index in [9.17, 15) is 5.11 Å². The minimum atomic E-state index is -1.12. The number of hydrogen-bond acceptors (Lipinski definition) is 2. The van der Waals surface area contributed by atoms with Crippen molar-refractivity contribution >= 4 is 0 Å². The third-order valence-corrected chi connectivity index (χ3v) is 4.00. The fourth-order valence-corrected chi connectivity index (χ4v) is 2.39. The van der Waals surface area contributed by atoms with Gasteiger partial charge >= 0.3 is 0 Å². The standard InChI is InChI=1S/C17H20O2/c1-16(18,14-10-6-4-7-11-14)17(2,19-3)15-12-8-5-9-13-15/h4-13,18H,1-3H3/t16-,17+/m0/s1. The van der Waals surface area contributed by atoms with Crippen LogP contribution >= 0.6 is 0 Å². The highest BCUT2D eigenvalue weighted by molar-refractivity contribution is 5.32. The van der Waals surface area contributed by atoms with E-state index < -0.39 is 11.2 Å². The van der Waals surface area contributed by atoms with Crippen LogP contribution in [0.2, 0.25) is 0 Å². The Bertz CT molecular complexity index is 519. The highest BCUT2D eigenvalue weighted by Crippen LogP contribution is 2.42. The molecule has 2 heteroatoms. The number of rotatable bonds is 4. The first-order valence-corrected chi connectivity index (χ1v) is 6.41. The van der Waals surface area contributed by atoms with Gasteiger partial charge in [-0.2, -0.15) is 0 Å². The van der Waals surface area contributed by atoms with Crippen molar-refractivity contribution in [1.29, 1.82) is 0 Å². The minimum Gasteiger partial charge on any atom is -0.382 e. The zero-order valence-electron chi connectivity index (χ0n) is 11.6. The Labute approximate surface area is 114 Å². The van der Waals surface area contributed by atoms with Crippen molar-refractivity contribution in [2.75, 3.05) is 7.11 Å². The third-order valence-electron chi connectivity index (χ3n) is 4.00. The van der Waals surface area contributed by atoms with Gasteiger partial charge in [-0.25, -0.2) is 0 Å². The Kier molecular flexibility index (Phi) is 3.74. The van der Waals surface area contributed by atoms with Gasteiger partial charge in [0.15, 0.2) is 0 Å². The van der Waals surface area contributed by atoms with Gasteiger partial charge in [-0.1, -0.05) is 60.7 Å². The number of methoxy groups -OCH3 is 1. The van der Waals surface area contributed by atoms with Gasteiger partial charge in [-0.3, -0.25) is 0 Å². The maximum atomic E-state index is 11.0. The summed E-state index contributed by atoms with van der Waals surface area (Å²) in [5, 5.41) is 11.0. The van der Waals surface area contributed by atoms with E-state index in [1.807, 2.05) is 67.6 Å². The van der Waals surface area contributed by atoms with Crippen LogP contribution < -0.4 is 0 Å². The lowest BCUT2D eigenvalue weighted by molar-refractivity contribution is -0.163. The molecule has 19 heavy (non-hydrogen) atoms. The van der Waals surface area contributed by atoms with Crippen molar-refractivity contribution < 1.29 is 9.84 Å². The van der Waals surface area contributed by atoms with Crippen LogP contribution in [-0.2, 0) is 15.9 Å². The molecule has 0 amide bonds. The average molecular weight is 256 g/mol. The predicted octanol–water partition coefficient (Wildman–Crippen LogP) is 3.46. The van der Waals surface area contributed by atoms with Crippen LogP contribution in [0.5, 0.6) is 0 Å². The van der Waals surface area contributed by atoms with Gasteiger partial charge < -0.3 is 9.84 Å². The number of ether oxygens (including phenoxy) is 1. The zero-order valence-corrected chi connectivity index (χ0v) is 11.6. The quantitative estimate of drug-likeness (QED) is 0.907. The Hall–Kier alpha value is -1.64. The molecule has 2 atom stereocenters. The van der Waals surface area contributed by atoms with Crippen molar-refractivity contribution in [3.8, 4) is 0 Å². The Morgan fingerprint density at radius 3 is 1.63 bits per heavy atom. The van der Waals surface area contributed by atoms with Crippen LogP contribution in [0, 0.1) is 0 Å². The summed E-state index contributed by atoms with van der Waals surface area (Å²) >= 11 is 0. The minimum absolute atomic E-state index is 0.810. The molecule has 0 heterocycles. The van der Waals surface area contributed by atoms with E-state index in [0.717, 1.165) is 11.1 Å². The van der Waals surface area contributed by atoms with Crippen molar-refractivity contribution in [3.63, 3.8) is 0 Å². The normalized spacial score (nSPS) is 17.5. The molecule has 0 saturated carbocycles. The summed E-state index contributed by atoms with van der Waals surface area (Å²) < 4.78 is 5.69. The van der Waals surface area contributed by atoms with Crippen LogP contribution in [0.1, 0.15) is 25.0 Å². The molecule has 2 rings (SSSR count). The molecule has 0 aliphatic carbocycles. The molecule has 1 N–H and O–H groups in total. The Morgan fingerprint density at radius 1 is 0.789 bits per heavy atom. The average Bonchev–Trinajstić information content (AvgIpc) is 2.48. The molecular weight excluding hydrogens is 236 g/mol. The highest BCUT2D eigenvalue weighted by atomic mass is 16.5. The first-order chi connectivity index (χ1) is 9.02. The largest absolute Gasteiger partial charge is 0.382 e. The second kappa shape index (κ2) is 5.16. The predicted molar refractivity (Wildman–Crippen MR) is 76.8 cm³/mol. The van der Waals surface area contributed by atoms with E-state index in [2.05, 4.69) is 0 Å². The van der Waals surface area contributed by atoms with Gasteiger partial charge in [0.2, 0.25) is 0 Å². The summed E-state index contributed by atoms with van der Waals surface area (Å²) in [6, 6.07) is 19.4. The molecule has 2 aromatic rings. The molecule has 0 spiro atoms. The van der Waals surface area contributed by atoms with Gasteiger partial charge in [0, 0.05) is 7.11 Å². The van der Waals surface area contributed by atoms with E-state index >= 15 is 0 Å². The van der Waals surface area contributed by atoms with Gasteiger partial charge in [0.1, 0.15) is 11.2 Å². The molecule has 100 valence electrons. The van der Waals surface area contributed by atoms with Crippen LogP contribution in [-0.4, -0.2) is 12.2 Å². The van der Waals surface area contributed by atoms with E-state index in [0.29, 0.717) is 0 Å². The van der Waals surface area contributed by atoms with E-state index in [-0.39, 0.29) is 0 Å². The third kappa shape index (κ3) is 2.29. The van der Waals surface area contributed by atoms with Crippen LogP contribution in [0.25, 0.3) is 0 Å². The molecule has 0 aliphatic heterocycles. The summed E-state index contributed by atoms with van der Waals surface area (Å²) in [7, 11) is 1.63. The van der Waals surface area contributed by atoms with E-state index in [4.69, 9.17) is 4.74 Å². The number of hydrogen-bond donors (Lipinski definition) is 1. The lowest BCUT2D eigenvalue weighted by atomic mass is 9.75. The molecule has 0 aliphatic rings. The first kappa shape index (κ1) is 13.8. The fourth-order valence-electron chi connectivity index (χ4n) is 2.39. The first-order valence-electron chi connectivity index (χ1n) is 6.41. The van der Waals surface area contributed by atoms with Gasteiger partial charge in [0.25, 0.3) is 0 Å². The van der Waals surface area contributed by atoms with Crippen molar-refractivity contribution in [2.45, 2.75) is 25.0 Å². The Morgan fingerprint density at radius 2 is 1.21 bits per heavy atom. The fraction of sp³-hybridized carbons (Fsp3) is 0.294. The molecule has 2 nitrogen and oxygen atoms in total. The lowest BCUT2D eigenvalue weighted by Gasteiger charge is -2.42. The number of benzene rings is 2. The molecule has 0 radical (unpaired) electrons. The van der Waals surface area contributed by atoms with Gasteiger partial charge in [0.05, 0.1) is 0 Å². The summed E-state index contributed by atoms with van der Waals surface area (Å²) in [6.45, 7) is 3.70. The molecular formula is C17H20O2. The highest BCUT2D eigenvalue weighted by Gasteiger charge is 2.46. The van der Waals surface area contributed by atoms with E-state index in [1.165, 1.54) is 0 Å². The second-order valence-corrected chi connectivity index (χ2v) is 5.04. The van der Waals surface area contributed by atoms with Crippen LogP contribution in [0.4, 0.5) is 0 Å². The van der Waals surface area contributed by atoms with E-state index in [1.54, 1.807) is 14.0 Å². The molecule has 0 bridgehead atoms. The summed E-state index contributed by atoms with van der Waals surface area (Å²) in [5.74, 6) is 0. The lowest BCUT2D eigenvalue weighted by Crippen LogP contribution is -2.46. The number of aliphatic hydroxyl groups is 1. The maximum Gasteiger partial charge on any atom is 0.122 e. The summed E-state index contributed by atoms with van der Waals surface area (Å²) in [4.78, 5) is 0. The molecule has 0 fully saturated rings. The Balaban J connectivity index is 2.52. The molecule has 0 saturated heterocycles. The van der Waals surface area contributed by atoms with Crippen LogP contribution in [0.3, 0.4) is 0 Å². The molecule has 0 aromatic heterocycles. The molecule has 0 unspecified atom stereocenters. The smallest absolute Gasteiger partial charge is 0.122 e. The van der Waals surface area contributed by atoms with Crippen LogP contribution in [0.15, 0.2) is 60.7 Å². The second-order valence-electron chi connectivity index (χ2n) is 5.04. The summed E-state index contributed by atoms with van der Waals surface area (Å²) in [5.41, 5.74) is -0.144. The topological polar surface area (TPSA) is 29.5 Å². The zero-order chi connectivity index (χ0) is 13.9. The SMILES string of the molecule is CO[C@](C)(c1ccccc1)[C@@](C)(O)c1ccccc1.